The van der Waals surface area contributed by atoms with Gasteiger partial charge in [-0.2, -0.15) is 0 Å². The number of nitrogens with one attached hydrogen (secondary N) is 2. The number of methoxy groups -OCH3 is 2. The topological polar surface area (TPSA) is 85.4 Å². The van der Waals surface area contributed by atoms with E-state index < -0.39 is 0 Å². The third-order valence-electron chi connectivity index (χ3n) is 3.41. The molecule has 1 heterocycles. The maximum Gasteiger partial charge on any atom is 0.315 e. The van der Waals surface area contributed by atoms with E-state index in [2.05, 4.69) is 20.6 Å². The molecule has 2 N–H and O–H groups in total. The predicted octanol–water partition coefficient (Wildman–Crippen LogP) is 1.84. The van der Waals surface area contributed by atoms with Crippen LogP contribution >= 0.6 is 0 Å². The van der Waals surface area contributed by atoms with E-state index in [0.29, 0.717) is 36.8 Å². The van der Waals surface area contributed by atoms with E-state index in [4.69, 9.17) is 9.47 Å². The van der Waals surface area contributed by atoms with Crippen molar-refractivity contribution in [1.29, 1.82) is 0 Å². The molecule has 2 aromatic rings. The fraction of sp³-hybridized carbons (Fsp3) is 0.353. The van der Waals surface area contributed by atoms with Gasteiger partial charge in [0.1, 0.15) is 5.82 Å². The number of rotatable bonds is 7. The van der Waals surface area contributed by atoms with Gasteiger partial charge in [0.15, 0.2) is 11.5 Å². The van der Waals surface area contributed by atoms with Crippen molar-refractivity contribution in [3.63, 3.8) is 0 Å². The van der Waals surface area contributed by atoms with Gasteiger partial charge in [0.25, 0.3) is 0 Å². The van der Waals surface area contributed by atoms with Gasteiger partial charge in [-0.25, -0.2) is 14.8 Å². The first-order chi connectivity index (χ1) is 11.6. The molecule has 0 aliphatic rings. The van der Waals surface area contributed by atoms with Gasteiger partial charge in [0.2, 0.25) is 0 Å². The van der Waals surface area contributed by atoms with Gasteiger partial charge in [-0.05, 0) is 37.1 Å². The van der Waals surface area contributed by atoms with Crippen molar-refractivity contribution in [3.05, 3.63) is 47.5 Å². The van der Waals surface area contributed by atoms with Crippen LogP contribution in [0.15, 0.2) is 30.5 Å². The number of nitrogens with zero attached hydrogens (tertiary/aromatic N) is 2. The van der Waals surface area contributed by atoms with E-state index in [9.17, 15) is 4.79 Å². The molecule has 0 aliphatic carbocycles. The first kappa shape index (κ1) is 17.5. The fourth-order valence-corrected chi connectivity index (χ4v) is 2.19. The SMILES string of the molecule is COc1ccc(CCNC(=O)NCc2ccnc(C)n2)cc1OC. The summed E-state index contributed by atoms with van der Waals surface area (Å²) in [6, 6.07) is 7.25. The molecule has 0 fully saturated rings. The molecule has 0 unspecified atom stereocenters. The van der Waals surface area contributed by atoms with Gasteiger partial charge in [0.05, 0.1) is 26.5 Å². The second kappa shape index (κ2) is 8.71. The quantitative estimate of drug-likeness (QED) is 0.809. The molecule has 0 saturated heterocycles. The van der Waals surface area contributed by atoms with Gasteiger partial charge in [-0.3, -0.25) is 0 Å². The minimum atomic E-state index is -0.230. The summed E-state index contributed by atoms with van der Waals surface area (Å²) < 4.78 is 10.5. The molecular formula is C17H22N4O3. The monoisotopic (exact) mass is 330 g/mol. The summed E-state index contributed by atoms with van der Waals surface area (Å²) in [5.41, 5.74) is 1.83. The van der Waals surface area contributed by atoms with Crippen molar-refractivity contribution >= 4 is 6.03 Å². The Morgan fingerprint density at radius 2 is 1.92 bits per heavy atom. The molecule has 0 aliphatic heterocycles. The summed E-state index contributed by atoms with van der Waals surface area (Å²) in [5, 5.41) is 5.58. The van der Waals surface area contributed by atoms with Gasteiger partial charge in [-0.1, -0.05) is 6.07 Å². The first-order valence-electron chi connectivity index (χ1n) is 7.63. The van der Waals surface area contributed by atoms with Crippen molar-refractivity contribution in [3.8, 4) is 11.5 Å². The summed E-state index contributed by atoms with van der Waals surface area (Å²) in [4.78, 5) is 20.1. The zero-order valence-corrected chi connectivity index (χ0v) is 14.1. The smallest absolute Gasteiger partial charge is 0.315 e. The number of hydrogen-bond donors (Lipinski definition) is 2. The van der Waals surface area contributed by atoms with E-state index in [0.717, 1.165) is 11.3 Å². The predicted molar refractivity (Wildman–Crippen MR) is 90.3 cm³/mol. The van der Waals surface area contributed by atoms with E-state index in [1.807, 2.05) is 25.1 Å². The minimum Gasteiger partial charge on any atom is -0.493 e. The Balaban J connectivity index is 1.76. The lowest BCUT2D eigenvalue weighted by Crippen LogP contribution is -2.36. The van der Waals surface area contributed by atoms with Crippen molar-refractivity contribution < 1.29 is 14.3 Å². The minimum absolute atomic E-state index is 0.230. The maximum atomic E-state index is 11.8. The van der Waals surface area contributed by atoms with E-state index >= 15 is 0 Å². The van der Waals surface area contributed by atoms with Gasteiger partial charge in [-0.15, -0.1) is 0 Å². The number of aryl methyl sites for hydroxylation is 1. The number of amides is 2. The third-order valence-corrected chi connectivity index (χ3v) is 3.41. The van der Waals surface area contributed by atoms with E-state index in [1.54, 1.807) is 26.5 Å². The fourth-order valence-electron chi connectivity index (χ4n) is 2.19. The second-order valence-electron chi connectivity index (χ2n) is 5.14. The van der Waals surface area contributed by atoms with Crippen molar-refractivity contribution in [2.75, 3.05) is 20.8 Å². The lowest BCUT2D eigenvalue weighted by molar-refractivity contribution is 0.240. The third kappa shape index (κ3) is 5.12. The number of aromatic nitrogens is 2. The molecule has 24 heavy (non-hydrogen) atoms. The molecule has 1 aromatic heterocycles. The van der Waals surface area contributed by atoms with Crippen LogP contribution in [0, 0.1) is 6.92 Å². The van der Waals surface area contributed by atoms with Crippen LogP contribution in [0.1, 0.15) is 17.1 Å². The molecule has 1 aromatic carbocycles. The number of carbonyl (C=O) groups is 1. The Kier molecular flexibility index (Phi) is 6.36. The Morgan fingerprint density at radius 3 is 2.62 bits per heavy atom. The van der Waals surface area contributed by atoms with Crippen molar-refractivity contribution in [2.45, 2.75) is 19.9 Å². The van der Waals surface area contributed by atoms with Crippen LogP contribution in [0.3, 0.4) is 0 Å². The number of ether oxygens (including phenoxy) is 2. The summed E-state index contributed by atoms with van der Waals surface area (Å²) in [5.74, 6) is 2.05. The lowest BCUT2D eigenvalue weighted by atomic mass is 10.1. The Hall–Kier alpha value is -2.83. The normalized spacial score (nSPS) is 10.1. The van der Waals surface area contributed by atoms with Crippen LogP contribution in [0.4, 0.5) is 4.79 Å². The van der Waals surface area contributed by atoms with Crippen molar-refractivity contribution in [1.82, 2.24) is 20.6 Å². The molecule has 2 rings (SSSR count). The number of benzene rings is 1. The highest BCUT2D eigenvalue weighted by molar-refractivity contribution is 5.73. The molecule has 7 heteroatoms. The molecular weight excluding hydrogens is 308 g/mol. The molecule has 0 atom stereocenters. The van der Waals surface area contributed by atoms with Crippen LogP contribution in [-0.2, 0) is 13.0 Å². The largest absolute Gasteiger partial charge is 0.493 e. The summed E-state index contributed by atoms with van der Waals surface area (Å²) in [7, 11) is 3.20. The number of hydrogen-bond acceptors (Lipinski definition) is 5. The van der Waals surface area contributed by atoms with Crippen LogP contribution in [-0.4, -0.2) is 36.8 Å². The maximum absolute atomic E-state index is 11.8. The standard InChI is InChI=1S/C17H22N4O3/c1-12-18-9-7-14(21-12)11-20-17(22)19-8-6-13-4-5-15(23-2)16(10-13)24-3/h4-5,7,9-10H,6,8,11H2,1-3H3,(H2,19,20,22). The molecule has 2 amide bonds. The highest BCUT2D eigenvalue weighted by Crippen LogP contribution is 2.27. The average molecular weight is 330 g/mol. The summed E-state index contributed by atoms with van der Waals surface area (Å²) in [6.07, 6.45) is 2.37. The van der Waals surface area contributed by atoms with Crippen LogP contribution in [0.2, 0.25) is 0 Å². The Bertz CT molecular complexity index is 691. The Morgan fingerprint density at radius 1 is 1.12 bits per heavy atom. The average Bonchev–Trinajstić information content (AvgIpc) is 2.60. The van der Waals surface area contributed by atoms with E-state index in [1.165, 1.54) is 0 Å². The summed E-state index contributed by atoms with van der Waals surface area (Å²) >= 11 is 0. The number of carbonyl (C=O) groups excluding carboxylic acids is 1. The Labute approximate surface area is 141 Å². The molecule has 7 nitrogen and oxygen atoms in total. The molecule has 0 spiro atoms. The van der Waals surface area contributed by atoms with Crippen LogP contribution in [0.5, 0.6) is 11.5 Å². The molecule has 0 saturated carbocycles. The second-order valence-corrected chi connectivity index (χ2v) is 5.14. The molecule has 128 valence electrons. The highest BCUT2D eigenvalue weighted by atomic mass is 16.5. The first-order valence-corrected chi connectivity index (χ1v) is 7.63. The van der Waals surface area contributed by atoms with Gasteiger partial charge in [0, 0.05) is 12.7 Å². The highest BCUT2D eigenvalue weighted by Gasteiger charge is 2.05. The van der Waals surface area contributed by atoms with Crippen LogP contribution in [0.25, 0.3) is 0 Å². The number of urea groups is 1. The molecule has 0 bridgehead atoms. The van der Waals surface area contributed by atoms with Crippen molar-refractivity contribution in [2.24, 2.45) is 0 Å². The lowest BCUT2D eigenvalue weighted by Gasteiger charge is -2.10. The molecule has 0 radical (unpaired) electrons. The zero-order chi connectivity index (χ0) is 17.4. The van der Waals surface area contributed by atoms with Gasteiger partial charge >= 0.3 is 6.03 Å². The van der Waals surface area contributed by atoms with Gasteiger partial charge < -0.3 is 20.1 Å². The summed E-state index contributed by atoms with van der Waals surface area (Å²) in [6.45, 7) is 2.70. The van der Waals surface area contributed by atoms with E-state index in [-0.39, 0.29) is 6.03 Å². The van der Waals surface area contributed by atoms with Crippen LogP contribution < -0.4 is 20.1 Å². The zero-order valence-electron chi connectivity index (χ0n) is 14.1.